The zero-order chi connectivity index (χ0) is 17.5. The number of nitrogens with zero attached hydrogens (tertiary/aromatic N) is 2. The van der Waals surface area contributed by atoms with Gasteiger partial charge in [-0.2, -0.15) is 0 Å². The number of hydrogen-bond acceptors (Lipinski definition) is 3. The molecule has 1 atom stereocenters. The molecule has 25 heavy (non-hydrogen) atoms. The highest BCUT2D eigenvalue weighted by molar-refractivity contribution is 5.78. The number of benzene rings is 2. The van der Waals surface area contributed by atoms with Crippen molar-refractivity contribution < 1.29 is 4.79 Å². The molecule has 132 valence electrons. The van der Waals surface area contributed by atoms with Crippen LogP contribution in [0.3, 0.4) is 0 Å². The van der Waals surface area contributed by atoms with Gasteiger partial charge in [0, 0.05) is 38.4 Å². The van der Waals surface area contributed by atoms with Crippen molar-refractivity contribution in [1.82, 2.24) is 10.2 Å². The molecular formula is C21H27N3O. The van der Waals surface area contributed by atoms with E-state index in [0.717, 1.165) is 32.7 Å². The van der Waals surface area contributed by atoms with Gasteiger partial charge >= 0.3 is 0 Å². The minimum absolute atomic E-state index is 0.202. The Morgan fingerprint density at radius 1 is 0.960 bits per heavy atom. The summed E-state index contributed by atoms with van der Waals surface area (Å²) in [7, 11) is 0. The Balaban J connectivity index is 1.39. The van der Waals surface area contributed by atoms with Crippen LogP contribution in [0.25, 0.3) is 0 Å². The third-order valence-electron chi connectivity index (χ3n) is 4.85. The summed E-state index contributed by atoms with van der Waals surface area (Å²) in [5.74, 6) is 0.608. The van der Waals surface area contributed by atoms with Crippen molar-refractivity contribution >= 4 is 11.6 Å². The smallest absolute Gasteiger partial charge is 0.236 e. The summed E-state index contributed by atoms with van der Waals surface area (Å²) in [5, 5.41) is 3.32. The Bertz CT molecular complexity index is 651. The number of anilines is 1. The molecule has 0 saturated carbocycles. The van der Waals surface area contributed by atoms with Crippen LogP contribution in [-0.4, -0.2) is 50.1 Å². The summed E-state index contributed by atoms with van der Waals surface area (Å²) in [4.78, 5) is 16.7. The summed E-state index contributed by atoms with van der Waals surface area (Å²) in [6.07, 6.45) is 0. The number of carbonyl (C=O) groups excluding carboxylic acids is 1. The fraction of sp³-hybridized carbons (Fsp3) is 0.381. The van der Waals surface area contributed by atoms with Crippen molar-refractivity contribution in [3.63, 3.8) is 0 Å². The van der Waals surface area contributed by atoms with Gasteiger partial charge in [-0.1, -0.05) is 55.5 Å². The maximum absolute atomic E-state index is 12.4. The van der Waals surface area contributed by atoms with E-state index in [0.29, 0.717) is 12.5 Å². The van der Waals surface area contributed by atoms with E-state index in [2.05, 4.69) is 65.7 Å². The Hall–Kier alpha value is -2.33. The molecule has 4 nitrogen and oxygen atoms in total. The molecule has 2 aromatic carbocycles. The second-order valence-electron chi connectivity index (χ2n) is 6.65. The topological polar surface area (TPSA) is 35.6 Å². The van der Waals surface area contributed by atoms with E-state index < -0.39 is 0 Å². The molecule has 1 saturated heterocycles. The van der Waals surface area contributed by atoms with Crippen LogP contribution in [0.2, 0.25) is 0 Å². The average molecular weight is 337 g/mol. The predicted octanol–water partition coefficient (Wildman–Crippen LogP) is 2.73. The normalized spacial score (nSPS) is 15.9. The van der Waals surface area contributed by atoms with Crippen molar-refractivity contribution in [2.24, 2.45) is 0 Å². The summed E-state index contributed by atoms with van der Waals surface area (Å²) >= 11 is 0. The number of hydrogen-bond donors (Lipinski definition) is 1. The van der Waals surface area contributed by atoms with Crippen LogP contribution < -0.4 is 10.2 Å². The summed E-state index contributed by atoms with van der Waals surface area (Å²) < 4.78 is 0. The van der Waals surface area contributed by atoms with E-state index in [1.54, 1.807) is 0 Å². The molecule has 0 aromatic heterocycles. The molecule has 1 unspecified atom stereocenters. The van der Waals surface area contributed by atoms with Crippen LogP contribution >= 0.6 is 0 Å². The van der Waals surface area contributed by atoms with Gasteiger partial charge in [0.15, 0.2) is 0 Å². The third-order valence-corrected chi connectivity index (χ3v) is 4.85. The largest absolute Gasteiger partial charge is 0.368 e. The minimum atomic E-state index is 0.202. The SMILES string of the molecule is CC(CNCC(=O)N1CCN(c2ccccc2)CC1)c1ccccc1. The van der Waals surface area contributed by atoms with E-state index in [9.17, 15) is 4.79 Å². The molecule has 1 aliphatic rings. The predicted molar refractivity (Wildman–Crippen MR) is 103 cm³/mol. The van der Waals surface area contributed by atoms with Crippen molar-refractivity contribution in [2.45, 2.75) is 12.8 Å². The molecule has 1 aliphatic heterocycles. The first kappa shape index (κ1) is 17.5. The van der Waals surface area contributed by atoms with E-state index in [4.69, 9.17) is 0 Å². The standard InChI is InChI=1S/C21H27N3O/c1-18(19-8-4-2-5-9-19)16-22-17-21(25)24-14-12-23(13-15-24)20-10-6-3-7-11-20/h2-11,18,22H,12-17H2,1H3. The van der Waals surface area contributed by atoms with Crippen molar-refractivity contribution in [3.8, 4) is 0 Å². The molecule has 0 aliphatic carbocycles. The number of rotatable bonds is 6. The van der Waals surface area contributed by atoms with Gasteiger partial charge in [0.2, 0.25) is 5.91 Å². The number of amides is 1. The van der Waals surface area contributed by atoms with Crippen LogP contribution in [0, 0.1) is 0 Å². The van der Waals surface area contributed by atoms with Gasteiger partial charge in [-0.05, 0) is 23.6 Å². The first-order chi connectivity index (χ1) is 12.2. The van der Waals surface area contributed by atoms with Crippen LogP contribution in [0.5, 0.6) is 0 Å². The highest BCUT2D eigenvalue weighted by Gasteiger charge is 2.20. The molecule has 0 bridgehead atoms. The van der Waals surface area contributed by atoms with E-state index in [1.807, 2.05) is 17.0 Å². The first-order valence-corrected chi connectivity index (χ1v) is 9.07. The molecule has 3 rings (SSSR count). The van der Waals surface area contributed by atoms with Crippen LogP contribution in [0.1, 0.15) is 18.4 Å². The highest BCUT2D eigenvalue weighted by atomic mass is 16.2. The Morgan fingerprint density at radius 2 is 1.56 bits per heavy atom. The molecule has 1 heterocycles. The lowest BCUT2D eigenvalue weighted by Gasteiger charge is -2.36. The van der Waals surface area contributed by atoms with Crippen LogP contribution in [0.15, 0.2) is 60.7 Å². The Kier molecular flexibility index (Phi) is 6.07. The number of piperazine rings is 1. The maximum Gasteiger partial charge on any atom is 0.236 e. The zero-order valence-corrected chi connectivity index (χ0v) is 14.9. The van der Waals surface area contributed by atoms with Gasteiger partial charge < -0.3 is 15.1 Å². The lowest BCUT2D eigenvalue weighted by Crippen LogP contribution is -2.51. The second-order valence-corrected chi connectivity index (χ2v) is 6.65. The van der Waals surface area contributed by atoms with Gasteiger partial charge in [-0.15, -0.1) is 0 Å². The number of para-hydroxylation sites is 1. The fourth-order valence-electron chi connectivity index (χ4n) is 3.26. The van der Waals surface area contributed by atoms with Crippen molar-refractivity contribution in [2.75, 3.05) is 44.2 Å². The molecule has 1 fully saturated rings. The van der Waals surface area contributed by atoms with E-state index in [1.165, 1.54) is 11.3 Å². The van der Waals surface area contributed by atoms with E-state index >= 15 is 0 Å². The lowest BCUT2D eigenvalue weighted by atomic mass is 10.0. The Labute approximate surface area is 150 Å². The number of carbonyl (C=O) groups is 1. The van der Waals surface area contributed by atoms with Gasteiger partial charge in [-0.25, -0.2) is 0 Å². The maximum atomic E-state index is 12.4. The monoisotopic (exact) mass is 337 g/mol. The summed E-state index contributed by atoms with van der Waals surface area (Å²) in [5.41, 5.74) is 2.54. The zero-order valence-electron chi connectivity index (χ0n) is 14.9. The van der Waals surface area contributed by atoms with E-state index in [-0.39, 0.29) is 5.91 Å². The van der Waals surface area contributed by atoms with Gasteiger partial charge in [0.05, 0.1) is 6.54 Å². The summed E-state index contributed by atoms with van der Waals surface area (Å²) in [6, 6.07) is 20.8. The Morgan fingerprint density at radius 3 is 2.20 bits per heavy atom. The van der Waals surface area contributed by atoms with Crippen LogP contribution in [-0.2, 0) is 4.79 Å². The molecule has 4 heteroatoms. The first-order valence-electron chi connectivity index (χ1n) is 9.07. The van der Waals surface area contributed by atoms with Gasteiger partial charge in [0.1, 0.15) is 0 Å². The van der Waals surface area contributed by atoms with Gasteiger partial charge in [0.25, 0.3) is 0 Å². The molecule has 1 N–H and O–H groups in total. The minimum Gasteiger partial charge on any atom is -0.368 e. The average Bonchev–Trinajstić information content (AvgIpc) is 2.69. The molecule has 0 spiro atoms. The van der Waals surface area contributed by atoms with Crippen molar-refractivity contribution in [1.29, 1.82) is 0 Å². The van der Waals surface area contributed by atoms with Gasteiger partial charge in [-0.3, -0.25) is 4.79 Å². The lowest BCUT2D eigenvalue weighted by molar-refractivity contribution is -0.130. The second kappa shape index (κ2) is 8.67. The quantitative estimate of drug-likeness (QED) is 0.880. The molecular weight excluding hydrogens is 310 g/mol. The van der Waals surface area contributed by atoms with Crippen LogP contribution in [0.4, 0.5) is 5.69 Å². The highest BCUT2D eigenvalue weighted by Crippen LogP contribution is 2.16. The van der Waals surface area contributed by atoms with Crippen molar-refractivity contribution in [3.05, 3.63) is 66.2 Å². The fourth-order valence-corrected chi connectivity index (χ4v) is 3.26. The number of nitrogens with one attached hydrogen (secondary N) is 1. The molecule has 1 amide bonds. The molecule has 2 aromatic rings. The third kappa shape index (κ3) is 4.83. The molecule has 0 radical (unpaired) electrons. The summed E-state index contributed by atoms with van der Waals surface area (Å²) in [6.45, 7) is 6.81.